The summed E-state index contributed by atoms with van der Waals surface area (Å²) in [5.41, 5.74) is 1.59. The maximum absolute atomic E-state index is 12.1. The van der Waals surface area contributed by atoms with E-state index in [1.54, 1.807) is 12.4 Å². The average molecular weight is 488 g/mol. The molecule has 35 heavy (non-hydrogen) atoms. The molecule has 0 aliphatic rings. The summed E-state index contributed by atoms with van der Waals surface area (Å²) in [6.07, 6.45) is 3.78. The molecule has 0 bridgehead atoms. The van der Waals surface area contributed by atoms with Gasteiger partial charge in [-0.15, -0.1) is 0 Å². The topological polar surface area (TPSA) is 191 Å². The van der Waals surface area contributed by atoms with E-state index < -0.39 is 42.4 Å². The maximum Gasteiger partial charge on any atom is 0.326 e. The van der Waals surface area contributed by atoms with Crippen molar-refractivity contribution in [1.82, 2.24) is 25.9 Å². The van der Waals surface area contributed by atoms with E-state index in [0.717, 1.165) is 11.4 Å². The molecule has 2 heterocycles. The molecule has 0 fully saturated rings. The normalized spacial score (nSPS) is 12.5. The summed E-state index contributed by atoms with van der Waals surface area (Å²) < 4.78 is 0. The van der Waals surface area contributed by atoms with Crippen LogP contribution in [0.2, 0.25) is 0 Å². The molecule has 188 valence electrons. The monoisotopic (exact) mass is 487 g/mol. The molecule has 2 rings (SSSR count). The third-order valence-corrected chi connectivity index (χ3v) is 5.09. The van der Waals surface area contributed by atoms with Crippen LogP contribution in [0.5, 0.6) is 0 Å². The lowest BCUT2D eigenvalue weighted by atomic mass is 10.1. The summed E-state index contributed by atoms with van der Waals surface area (Å²) in [5.74, 6) is -3.87. The van der Waals surface area contributed by atoms with Gasteiger partial charge in [0.25, 0.3) is 0 Å². The Hall–Kier alpha value is -4.06. The number of aromatic nitrogens is 2. The van der Waals surface area contributed by atoms with Crippen LogP contribution in [0.3, 0.4) is 0 Å². The molecule has 0 spiro atoms. The summed E-state index contributed by atoms with van der Waals surface area (Å²) >= 11 is 0. The molecular formula is C23H29N5O7. The first-order valence-electron chi connectivity index (χ1n) is 11.1. The largest absolute Gasteiger partial charge is 0.481 e. The second kappa shape index (κ2) is 14.3. The molecule has 6 N–H and O–H groups in total. The molecule has 0 aromatic carbocycles. The highest BCUT2D eigenvalue weighted by Crippen LogP contribution is 2.18. The van der Waals surface area contributed by atoms with Gasteiger partial charge in [0, 0.05) is 18.8 Å². The molecular weight excluding hydrogens is 458 g/mol. The van der Waals surface area contributed by atoms with Crippen molar-refractivity contribution in [2.75, 3.05) is 6.54 Å². The molecule has 2 aromatic heterocycles. The molecule has 0 saturated heterocycles. The zero-order valence-electron chi connectivity index (χ0n) is 19.0. The Morgan fingerprint density at radius 3 is 1.77 bits per heavy atom. The van der Waals surface area contributed by atoms with Gasteiger partial charge in [-0.1, -0.05) is 12.1 Å². The van der Waals surface area contributed by atoms with E-state index in [2.05, 4.69) is 25.9 Å². The van der Waals surface area contributed by atoms with Crippen LogP contribution in [0.4, 0.5) is 4.79 Å². The Morgan fingerprint density at radius 1 is 0.771 bits per heavy atom. The predicted molar refractivity (Wildman–Crippen MR) is 124 cm³/mol. The minimum Gasteiger partial charge on any atom is -0.481 e. The Labute approximate surface area is 201 Å². The van der Waals surface area contributed by atoms with Crippen molar-refractivity contribution in [1.29, 1.82) is 0 Å². The molecule has 12 nitrogen and oxygen atoms in total. The second-order valence-corrected chi connectivity index (χ2v) is 7.72. The van der Waals surface area contributed by atoms with Gasteiger partial charge in [0.05, 0.1) is 17.4 Å². The average Bonchev–Trinajstić information content (AvgIpc) is 2.83. The van der Waals surface area contributed by atoms with Crippen molar-refractivity contribution >= 4 is 23.9 Å². The summed E-state index contributed by atoms with van der Waals surface area (Å²) in [5, 5.41) is 34.9. The number of amides is 2. The van der Waals surface area contributed by atoms with Gasteiger partial charge >= 0.3 is 23.9 Å². The SMILES string of the molecule is O=C(O)CC[C@H](NC(=O)N[C@@H](CCCCNC(c1ccccn1)c1ccccn1)C(=O)O)C(=O)O. The fourth-order valence-corrected chi connectivity index (χ4v) is 3.31. The summed E-state index contributed by atoms with van der Waals surface area (Å²) in [7, 11) is 0. The van der Waals surface area contributed by atoms with E-state index in [1.807, 2.05) is 36.4 Å². The van der Waals surface area contributed by atoms with E-state index >= 15 is 0 Å². The van der Waals surface area contributed by atoms with Crippen LogP contribution in [0.15, 0.2) is 48.8 Å². The van der Waals surface area contributed by atoms with Crippen molar-refractivity contribution < 1.29 is 34.5 Å². The van der Waals surface area contributed by atoms with Gasteiger partial charge in [-0.3, -0.25) is 14.8 Å². The molecule has 2 atom stereocenters. The van der Waals surface area contributed by atoms with Gasteiger partial charge in [0.2, 0.25) is 0 Å². The van der Waals surface area contributed by atoms with Crippen LogP contribution in [0.1, 0.15) is 49.5 Å². The van der Waals surface area contributed by atoms with E-state index in [0.29, 0.717) is 19.4 Å². The first-order valence-corrected chi connectivity index (χ1v) is 11.1. The van der Waals surface area contributed by atoms with Gasteiger partial charge in [0.1, 0.15) is 12.1 Å². The third-order valence-electron chi connectivity index (χ3n) is 5.09. The third kappa shape index (κ3) is 9.76. The van der Waals surface area contributed by atoms with Crippen LogP contribution in [0, 0.1) is 0 Å². The number of urea groups is 1. The molecule has 0 aliphatic heterocycles. The lowest BCUT2D eigenvalue weighted by Crippen LogP contribution is -2.51. The van der Waals surface area contributed by atoms with Crippen molar-refractivity contribution in [3.8, 4) is 0 Å². The van der Waals surface area contributed by atoms with Crippen molar-refractivity contribution in [3.63, 3.8) is 0 Å². The van der Waals surface area contributed by atoms with Crippen LogP contribution >= 0.6 is 0 Å². The van der Waals surface area contributed by atoms with Crippen molar-refractivity contribution in [2.24, 2.45) is 0 Å². The number of rotatable bonds is 15. The number of carboxylic acid groups (broad SMARTS) is 3. The molecule has 0 aliphatic carbocycles. The molecule has 2 aromatic rings. The minimum absolute atomic E-state index is 0.120. The minimum atomic E-state index is -1.44. The van der Waals surface area contributed by atoms with Gasteiger partial charge < -0.3 is 31.3 Å². The number of carboxylic acids is 3. The first kappa shape index (κ1) is 27.2. The Balaban J connectivity index is 1.84. The van der Waals surface area contributed by atoms with E-state index in [1.165, 1.54) is 0 Å². The lowest BCUT2D eigenvalue weighted by Gasteiger charge is -2.19. The van der Waals surface area contributed by atoms with E-state index in [9.17, 15) is 24.3 Å². The highest BCUT2D eigenvalue weighted by molar-refractivity contribution is 5.86. The molecule has 0 saturated carbocycles. The van der Waals surface area contributed by atoms with Crippen molar-refractivity contribution in [2.45, 2.75) is 50.2 Å². The van der Waals surface area contributed by atoms with Crippen LogP contribution in [-0.4, -0.2) is 67.9 Å². The number of carbonyl (C=O) groups is 4. The van der Waals surface area contributed by atoms with Gasteiger partial charge in [-0.25, -0.2) is 14.4 Å². The van der Waals surface area contributed by atoms with Crippen LogP contribution in [-0.2, 0) is 14.4 Å². The quantitative estimate of drug-likeness (QED) is 0.200. The first-order chi connectivity index (χ1) is 16.8. The standard InChI is InChI=1S/C23H29N5O7/c29-19(30)11-10-18(22(33)34)28-23(35)27-17(21(31)32)9-3-6-14-26-20(15-7-1-4-12-24-15)16-8-2-5-13-25-16/h1-2,4-5,7-8,12-13,17-18,20,26H,3,6,9-11,14H2,(H,29,30)(H,31,32)(H,33,34)(H2,27,28,35)/t17-,18-/m0/s1. The molecule has 0 unspecified atom stereocenters. The second-order valence-electron chi connectivity index (χ2n) is 7.72. The van der Waals surface area contributed by atoms with Crippen molar-refractivity contribution in [3.05, 3.63) is 60.2 Å². The number of nitrogens with zero attached hydrogens (tertiary/aromatic N) is 2. The molecule has 12 heteroatoms. The van der Waals surface area contributed by atoms with Gasteiger partial charge in [-0.05, 0) is 56.5 Å². The highest BCUT2D eigenvalue weighted by atomic mass is 16.4. The number of nitrogens with one attached hydrogen (secondary N) is 3. The summed E-state index contributed by atoms with van der Waals surface area (Å²) in [6, 6.07) is 7.26. The summed E-state index contributed by atoms with van der Waals surface area (Å²) in [4.78, 5) is 54.3. The maximum atomic E-state index is 12.1. The zero-order valence-corrected chi connectivity index (χ0v) is 19.0. The Morgan fingerprint density at radius 2 is 1.31 bits per heavy atom. The summed E-state index contributed by atoms with van der Waals surface area (Å²) in [6.45, 7) is 0.534. The number of unbranched alkanes of at least 4 members (excludes halogenated alkanes) is 1. The molecule has 0 radical (unpaired) electrons. The zero-order chi connectivity index (χ0) is 25.6. The van der Waals surface area contributed by atoms with Gasteiger partial charge in [0.15, 0.2) is 0 Å². The van der Waals surface area contributed by atoms with Gasteiger partial charge in [-0.2, -0.15) is 0 Å². The smallest absolute Gasteiger partial charge is 0.326 e. The number of hydrogen-bond acceptors (Lipinski definition) is 7. The van der Waals surface area contributed by atoms with E-state index in [4.69, 9.17) is 10.2 Å². The molecule has 2 amide bonds. The number of carbonyl (C=O) groups excluding carboxylic acids is 1. The van der Waals surface area contributed by atoms with E-state index in [-0.39, 0.29) is 18.9 Å². The fourth-order valence-electron chi connectivity index (χ4n) is 3.31. The number of pyridine rings is 2. The highest BCUT2D eigenvalue weighted by Gasteiger charge is 2.25. The fraction of sp³-hybridized carbons (Fsp3) is 0.391. The van der Waals surface area contributed by atoms with Crippen LogP contribution in [0.25, 0.3) is 0 Å². The number of aliphatic carboxylic acids is 3. The lowest BCUT2D eigenvalue weighted by molar-refractivity contribution is -0.140. The predicted octanol–water partition coefficient (Wildman–Crippen LogP) is 1.40. The Kier molecular flexibility index (Phi) is 11.1. The van der Waals surface area contributed by atoms with Crippen LogP contribution < -0.4 is 16.0 Å². The Bertz CT molecular complexity index is 935. The number of hydrogen-bond donors (Lipinski definition) is 6.